The van der Waals surface area contributed by atoms with Crippen molar-refractivity contribution >= 4 is 11.7 Å². The minimum absolute atomic E-state index is 0.0936. The topological polar surface area (TPSA) is 57.8 Å². The maximum Gasteiger partial charge on any atom is 0.237 e. The summed E-state index contributed by atoms with van der Waals surface area (Å²) in [5.74, 6) is 0.0858. The smallest absolute Gasteiger partial charge is 0.237 e. The molecular weight excluding hydrogens is 274 g/mol. The summed E-state index contributed by atoms with van der Waals surface area (Å²) >= 11 is 0. The van der Waals surface area contributed by atoms with Crippen molar-refractivity contribution < 1.29 is 4.79 Å². The van der Waals surface area contributed by atoms with Crippen LogP contribution in [0.1, 0.15) is 22.7 Å². The number of benzene rings is 2. The molecule has 110 valence electrons. The first-order valence-electron chi connectivity index (χ1n) is 7.17. The highest BCUT2D eigenvalue weighted by Crippen LogP contribution is 2.26. The third-order valence-corrected chi connectivity index (χ3v) is 3.49. The number of H-pyrrole nitrogens is 1. The SMILES string of the molecule is Cc1cc(NC(=O)C(c2ccccc2)c2ccccc2)n[nH]1. The summed E-state index contributed by atoms with van der Waals surface area (Å²) in [6.45, 7) is 1.90. The van der Waals surface area contributed by atoms with Crippen molar-refractivity contribution in [3.63, 3.8) is 0 Å². The van der Waals surface area contributed by atoms with Crippen LogP contribution in [0.15, 0.2) is 66.7 Å². The van der Waals surface area contributed by atoms with E-state index in [1.54, 1.807) is 0 Å². The van der Waals surface area contributed by atoms with Crippen molar-refractivity contribution in [3.8, 4) is 0 Å². The van der Waals surface area contributed by atoms with Gasteiger partial charge in [-0.2, -0.15) is 5.10 Å². The summed E-state index contributed by atoms with van der Waals surface area (Å²) in [6, 6.07) is 21.3. The molecule has 4 nitrogen and oxygen atoms in total. The second-order valence-electron chi connectivity index (χ2n) is 5.18. The number of aryl methyl sites for hydroxylation is 1. The normalized spacial score (nSPS) is 10.6. The fraction of sp³-hybridized carbons (Fsp3) is 0.111. The van der Waals surface area contributed by atoms with E-state index in [1.807, 2.05) is 73.7 Å². The molecule has 3 rings (SSSR count). The number of nitrogens with zero attached hydrogens (tertiary/aromatic N) is 1. The average Bonchev–Trinajstić information content (AvgIpc) is 2.95. The minimum Gasteiger partial charge on any atom is -0.308 e. The Balaban J connectivity index is 1.93. The fourth-order valence-electron chi connectivity index (χ4n) is 2.47. The number of aromatic amines is 1. The van der Waals surface area contributed by atoms with Crippen LogP contribution in [-0.2, 0) is 4.79 Å². The highest BCUT2D eigenvalue weighted by atomic mass is 16.2. The van der Waals surface area contributed by atoms with Gasteiger partial charge in [0.05, 0.1) is 5.92 Å². The Morgan fingerprint density at radius 3 is 2.00 bits per heavy atom. The zero-order valence-electron chi connectivity index (χ0n) is 12.3. The number of nitrogens with one attached hydrogen (secondary N) is 2. The number of anilines is 1. The van der Waals surface area contributed by atoms with Crippen LogP contribution in [-0.4, -0.2) is 16.1 Å². The van der Waals surface area contributed by atoms with E-state index in [4.69, 9.17) is 0 Å². The van der Waals surface area contributed by atoms with Crippen LogP contribution in [0.3, 0.4) is 0 Å². The molecule has 1 aromatic heterocycles. The van der Waals surface area contributed by atoms with Gasteiger partial charge in [-0.3, -0.25) is 9.89 Å². The molecule has 4 heteroatoms. The number of carbonyl (C=O) groups excluding carboxylic acids is 1. The van der Waals surface area contributed by atoms with Gasteiger partial charge < -0.3 is 5.32 Å². The summed E-state index contributed by atoms with van der Waals surface area (Å²) in [4.78, 5) is 12.8. The summed E-state index contributed by atoms with van der Waals surface area (Å²) in [7, 11) is 0. The van der Waals surface area contributed by atoms with E-state index < -0.39 is 0 Å². The molecule has 2 N–H and O–H groups in total. The molecule has 0 spiro atoms. The van der Waals surface area contributed by atoms with Crippen LogP contribution in [0.4, 0.5) is 5.82 Å². The Morgan fingerprint density at radius 1 is 1.00 bits per heavy atom. The summed E-state index contributed by atoms with van der Waals surface area (Å²) in [6.07, 6.45) is 0. The lowest BCUT2D eigenvalue weighted by molar-refractivity contribution is -0.116. The second kappa shape index (κ2) is 6.26. The number of amides is 1. The molecule has 0 fully saturated rings. The summed E-state index contributed by atoms with van der Waals surface area (Å²) < 4.78 is 0. The largest absolute Gasteiger partial charge is 0.308 e. The third kappa shape index (κ3) is 3.06. The predicted molar refractivity (Wildman–Crippen MR) is 86.7 cm³/mol. The average molecular weight is 291 g/mol. The fourth-order valence-corrected chi connectivity index (χ4v) is 2.47. The Labute approximate surface area is 129 Å². The minimum atomic E-state index is -0.362. The van der Waals surface area contributed by atoms with Gasteiger partial charge in [0.2, 0.25) is 5.91 Å². The number of hydrogen-bond acceptors (Lipinski definition) is 2. The zero-order valence-corrected chi connectivity index (χ0v) is 12.3. The first kappa shape index (κ1) is 14.1. The van der Waals surface area contributed by atoms with Gasteiger partial charge in [0.25, 0.3) is 0 Å². The van der Waals surface area contributed by atoms with Crippen LogP contribution in [0.25, 0.3) is 0 Å². The molecule has 0 aliphatic rings. The van der Waals surface area contributed by atoms with Gasteiger partial charge in [-0.05, 0) is 18.1 Å². The van der Waals surface area contributed by atoms with E-state index in [-0.39, 0.29) is 11.8 Å². The standard InChI is InChI=1S/C18H17N3O/c1-13-12-16(21-20-13)19-18(22)17(14-8-4-2-5-9-14)15-10-6-3-7-11-15/h2-12,17H,1H3,(H2,19,20,21,22). The molecule has 0 aliphatic carbocycles. The molecule has 0 saturated carbocycles. The van der Waals surface area contributed by atoms with E-state index in [1.165, 1.54) is 0 Å². The lowest BCUT2D eigenvalue weighted by atomic mass is 9.90. The quantitative estimate of drug-likeness (QED) is 0.773. The molecule has 3 aromatic rings. The molecular formula is C18H17N3O. The van der Waals surface area contributed by atoms with E-state index in [2.05, 4.69) is 15.5 Å². The van der Waals surface area contributed by atoms with E-state index in [0.29, 0.717) is 5.82 Å². The Kier molecular flexibility index (Phi) is 4.01. The van der Waals surface area contributed by atoms with Crippen molar-refractivity contribution in [2.75, 3.05) is 5.32 Å². The molecule has 2 aromatic carbocycles. The van der Waals surface area contributed by atoms with Gasteiger partial charge in [0.15, 0.2) is 5.82 Å². The molecule has 22 heavy (non-hydrogen) atoms. The molecule has 0 radical (unpaired) electrons. The maximum absolute atomic E-state index is 12.8. The van der Waals surface area contributed by atoms with E-state index in [0.717, 1.165) is 16.8 Å². The highest BCUT2D eigenvalue weighted by Gasteiger charge is 2.23. The van der Waals surface area contributed by atoms with Crippen molar-refractivity contribution in [2.24, 2.45) is 0 Å². The van der Waals surface area contributed by atoms with Crippen molar-refractivity contribution in [2.45, 2.75) is 12.8 Å². The van der Waals surface area contributed by atoms with Gasteiger partial charge in [0, 0.05) is 11.8 Å². The number of rotatable bonds is 4. The van der Waals surface area contributed by atoms with Crippen LogP contribution in [0, 0.1) is 6.92 Å². The lowest BCUT2D eigenvalue weighted by Crippen LogP contribution is -2.22. The predicted octanol–water partition coefficient (Wildman–Crippen LogP) is 3.49. The number of hydrogen-bond donors (Lipinski definition) is 2. The van der Waals surface area contributed by atoms with Gasteiger partial charge in [-0.1, -0.05) is 60.7 Å². The Morgan fingerprint density at radius 2 is 1.55 bits per heavy atom. The third-order valence-electron chi connectivity index (χ3n) is 3.49. The van der Waals surface area contributed by atoms with E-state index >= 15 is 0 Å². The zero-order chi connectivity index (χ0) is 15.4. The molecule has 1 amide bonds. The van der Waals surface area contributed by atoms with Crippen molar-refractivity contribution in [1.29, 1.82) is 0 Å². The van der Waals surface area contributed by atoms with Gasteiger partial charge in [-0.25, -0.2) is 0 Å². The molecule has 1 heterocycles. The van der Waals surface area contributed by atoms with Crippen LogP contribution >= 0.6 is 0 Å². The molecule has 0 aliphatic heterocycles. The van der Waals surface area contributed by atoms with Crippen LogP contribution in [0.2, 0.25) is 0 Å². The number of aromatic nitrogens is 2. The van der Waals surface area contributed by atoms with Gasteiger partial charge in [-0.15, -0.1) is 0 Å². The second-order valence-corrected chi connectivity index (χ2v) is 5.18. The Hall–Kier alpha value is -2.88. The molecule has 0 unspecified atom stereocenters. The maximum atomic E-state index is 12.8. The monoisotopic (exact) mass is 291 g/mol. The van der Waals surface area contributed by atoms with Crippen LogP contribution in [0.5, 0.6) is 0 Å². The van der Waals surface area contributed by atoms with Crippen molar-refractivity contribution in [1.82, 2.24) is 10.2 Å². The Bertz CT molecular complexity index is 711. The summed E-state index contributed by atoms with van der Waals surface area (Å²) in [5, 5.41) is 9.77. The molecule has 0 bridgehead atoms. The van der Waals surface area contributed by atoms with Crippen molar-refractivity contribution in [3.05, 3.63) is 83.6 Å². The highest BCUT2D eigenvalue weighted by molar-refractivity contribution is 5.97. The molecule has 0 saturated heterocycles. The first-order chi connectivity index (χ1) is 10.7. The van der Waals surface area contributed by atoms with Crippen LogP contribution < -0.4 is 5.32 Å². The van der Waals surface area contributed by atoms with E-state index in [9.17, 15) is 4.79 Å². The number of carbonyl (C=O) groups is 1. The lowest BCUT2D eigenvalue weighted by Gasteiger charge is -2.17. The van der Waals surface area contributed by atoms with Gasteiger partial charge >= 0.3 is 0 Å². The molecule has 0 atom stereocenters. The first-order valence-corrected chi connectivity index (χ1v) is 7.17. The summed E-state index contributed by atoms with van der Waals surface area (Å²) in [5.41, 5.74) is 2.82. The van der Waals surface area contributed by atoms with Gasteiger partial charge in [0.1, 0.15) is 0 Å².